The minimum atomic E-state index is -0.916. The van der Waals surface area contributed by atoms with Gasteiger partial charge in [-0.1, -0.05) is 333 Å². The van der Waals surface area contributed by atoms with Crippen LogP contribution < -0.4 is 5.22 Å². The Morgan fingerprint density at radius 2 is 0.752 bits per heavy atom. The third-order valence-corrected chi connectivity index (χ3v) is 29.5. The molecule has 0 saturated carbocycles. The summed E-state index contributed by atoms with van der Waals surface area (Å²) in [6.45, 7) is 14.5. The van der Waals surface area contributed by atoms with Crippen LogP contribution in [-0.2, 0) is 54.8 Å². The molecule has 5 aliphatic rings. The highest BCUT2D eigenvalue weighted by Gasteiger charge is 2.72. The van der Waals surface area contributed by atoms with Crippen LogP contribution in [-0.4, -0.2) is 0 Å². The Morgan fingerprint density at radius 1 is 0.314 bits per heavy atom. The monoisotopic (exact) mass is 1490 g/mol. The summed E-state index contributed by atoms with van der Waals surface area (Å²) in [5, 5.41) is 20.4. The van der Waals surface area contributed by atoms with Gasteiger partial charge in [0.2, 0.25) is 0 Å². The summed E-state index contributed by atoms with van der Waals surface area (Å²) in [7, 11) is 0. The summed E-state index contributed by atoms with van der Waals surface area (Å²) in [5.41, 5.74) is 25.0. The van der Waals surface area contributed by atoms with Crippen molar-refractivity contribution in [2.24, 2.45) is 0 Å². The number of hydrogen-bond acceptors (Lipinski definition) is 0. The molecule has 6 heteroatoms. The first-order chi connectivity index (χ1) is 51.4. The number of aryl methyl sites for hydroxylation is 2. The van der Waals surface area contributed by atoms with Gasteiger partial charge in [-0.25, -0.2) is 0 Å². The molecular weight excluding hydrogens is 1400 g/mol. The Kier molecular flexibility index (Phi) is 17.0. The van der Waals surface area contributed by atoms with E-state index in [1.165, 1.54) is 160 Å². The molecule has 14 aromatic rings. The molecule has 0 N–H and O–H groups in total. The molecule has 526 valence electrons. The second-order valence-corrected chi connectivity index (χ2v) is 34.1. The summed E-state index contributed by atoms with van der Waals surface area (Å²) in [4.78, 5) is 0. The highest BCUT2D eigenvalue weighted by Crippen LogP contribution is 2.78. The average molecular weight is 1490 g/mol. The minimum Gasteiger partial charge on any atom is -0.0877 e. The zero-order valence-corrected chi connectivity index (χ0v) is 65.8. The maximum Gasteiger partial charge on any atom is 0.0693 e. The molecule has 5 aliphatic carbocycles. The third-order valence-electron chi connectivity index (χ3n) is 26.9. The van der Waals surface area contributed by atoms with Crippen molar-refractivity contribution in [3.05, 3.63) is 272 Å². The van der Waals surface area contributed by atoms with Gasteiger partial charge in [-0.05, 0) is 242 Å². The fraction of sp³-hybridized carbons (Fsp3) is 0.313. The fourth-order valence-corrected chi connectivity index (χ4v) is 25.2. The first kappa shape index (κ1) is 68.4. The lowest BCUT2D eigenvalue weighted by atomic mass is 9.33. The molecule has 4 unspecified atom stereocenters. The Morgan fingerprint density at radius 3 is 1.31 bits per heavy atom. The van der Waals surface area contributed by atoms with Gasteiger partial charge in [0.1, 0.15) is 0 Å². The summed E-state index contributed by atoms with van der Waals surface area (Å²) in [5.74, 6) is -0.501. The fourth-order valence-electron chi connectivity index (χ4n) is 23.1. The van der Waals surface area contributed by atoms with Crippen molar-refractivity contribution in [3.63, 3.8) is 0 Å². The van der Waals surface area contributed by atoms with Crippen LogP contribution in [0.25, 0.3) is 114 Å². The molecule has 0 saturated heterocycles. The molecule has 14 aromatic carbocycles. The molecular formula is C99H88Cl6. The van der Waals surface area contributed by atoms with Crippen LogP contribution in [0.15, 0.2) is 164 Å². The van der Waals surface area contributed by atoms with E-state index in [1.807, 2.05) is 0 Å². The molecule has 0 fully saturated rings. The van der Waals surface area contributed by atoms with Crippen LogP contribution in [0.3, 0.4) is 0 Å². The highest BCUT2D eigenvalue weighted by atomic mass is 35.5. The molecule has 0 heterocycles. The van der Waals surface area contributed by atoms with Gasteiger partial charge in [0.25, 0.3) is 0 Å². The van der Waals surface area contributed by atoms with E-state index in [-0.39, 0.29) is 0 Å². The van der Waals surface area contributed by atoms with Crippen LogP contribution in [0.5, 0.6) is 0 Å². The smallest absolute Gasteiger partial charge is 0.0693 e. The lowest BCUT2D eigenvalue weighted by Crippen LogP contribution is -2.67. The van der Waals surface area contributed by atoms with E-state index in [1.54, 1.807) is 0 Å². The average Bonchev–Trinajstić information content (AvgIpc) is 1.28. The topological polar surface area (TPSA) is 0 Å². The summed E-state index contributed by atoms with van der Waals surface area (Å²) in [6.07, 6.45) is 19.5. The lowest BCUT2D eigenvalue weighted by Gasteiger charge is -2.69. The second-order valence-electron chi connectivity index (χ2n) is 31.8. The van der Waals surface area contributed by atoms with Gasteiger partial charge in [-0.15, -0.1) is 0 Å². The van der Waals surface area contributed by atoms with Crippen molar-refractivity contribution in [2.45, 2.75) is 199 Å². The van der Waals surface area contributed by atoms with Gasteiger partial charge in [0.05, 0.1) is 25.1 Å². The van der Waals surface area contributed by atoms with Gasteiger partial charge < -0.3 is 0 Å². The van der Waals surface area contributed by atoms with Crippen LogP contribution in [0.4, 0.5) is 0 Å². The molecule has 0 amide bonds. The van der Waals surface area contributed by atoms with Crippen molar-refractivity contribution in [1.82, 2.24) is 0 Å². The van der Waals surface area contributed by atoms with Crippen LogP contribution in [0.1, 0.15) is 222 Å². The van der Waals surface area contributed by atoms with Crippen LogP contribution >= 0.6 is 69.6 Å². The molecule has 105 heavy (non-hydrogen) atoms. The van der Waals surface area contributed by atoms with Crippen LogP contribution in [0, 0.1) is 0 Å². The molecule has 0 aliphatic heterocycles. The standard InChI is InChI=1S/C99H88Cl6/c1-7-13-34-67-68(35-14-8-2)88-84-80-79(67)70(36-15-9-3)91(100)85-81(80)82-83-87(96(105)95(104)86(82)94(103)93(85)102)92(101)89(69-40-25-31-55-43-46-64-61-37-22-19-28-58(61)52-71(64)76(55)69)98(90(83)84,50-17-11-5)99(51-18-12-6,75-42-27-33-57-45-48-66-63-39-24-21-30-60(63)54-73(66)78(57)75)97(88,49-16-10-4)74-41-26-32-56-44-47-65-62-38-23-20-29-59(62)53-72(65)77(56)74/h19-33,37-48,89H,7-18,34-36,49-54H2,1-6H3. The Bertz CT molecular complexity index is 6090. The number of hydrogen-bond donors (Lipinski definition) is 0. The quantitative estimate of drug-likeness (QED) is 0.0497. The van der Waals surface area contributed by atoms with Gasteiger partial charge in [-0.2, -0.15) is 0 Å². The third kappa shape index (κ3) is 9.09. The molecule has 19 rings (SSSR count). The molecule has 0 nitrogen and oxygen atoms in total. The van der Waals surface area contributed by atoms with E-state index >= 15 is 0 Å². The Balaban J connectivity index is 1.19. The molecule has 0 spiro atoms. The highest BCUT2D eigenvalue weighted by molar-refractivity contribution is 6.59. The van der Waals surface area contributed by atoms with E-state index in [9.17, 15) is 11.6 Å². The molecule has 0 bridgehead atoms. The molecule has 4 atom stereocenters. The van der Waals surface area contributed by atoms with Gasteiger partial charge in [0, 0.05) is 54.0 Å². The lowest BCUT2D eigenvalue weighted by molar-refractivity contribution is 0.0714. The summed E-state index contributed by atoms with van der Waals surface area (Å²) >= 11 is 51.5. The second kappa shape index (κ2) is 26.1. The number of fused-ring (bicyclic) bond motifs is 15. The predicted molar refractivity (Wildman–Crippen MR) is 455 cm³/mol. The van der Waals surface area contributed by atoms with Crippen molar-refractivity contribution < 1.29 is 0 Å². The molecule has 0 aromatic heterocycles. The van der Waals surface area contributed by atoms with Gasteiger partial charge in [-0.3, -0.25) is 0 Å². The number of halogens is 6. The molecule has 0 radical (unpaired) electrons. The van der Waals surface area contributed by atoms with Crippen LogP contribution in [0.2, 0.25) is 25.1 Å². The Labute approximate surface area is 648 Å². The van der Waals surface area contributed by atoms with E-state index in [0.29, 0.717) is 30.5 Å². The van der Waals surface area contributed by atoms with E-state index in [0.717, 1.165) is 167 Å². The van der Waals surface area contributed by atoms with Crippen molar-refractivity contribution >= 4 is 150 Å². The SMILES string of the molecule is CCCCc1c(CCCC)c2c(CCCC)c(Cl)c3c(Cl)c(Cl)c4c(Cl)c(Cl)c5c6c7c(c1C(CCCC)(c1cccc8ccc9c(c18)Cc1ccccc1-9)C(CCCC)(c1cccc8ccc9c(c18)Cc1ccccc1-9)C7(CCCC)C(c1cccc7ccc8c(c17)Cc1ccccc1-8)C=5Cl)c2c3c46. The largest absolute Gasteiger partial charge is 0.0877 e. The first-order valence-corrected chi connectivity index (χ1v) is 41.9. The van der Waals surface area contributed by atoms with E-state index in [2.05, 4.69) is 205 Å². The van der Waals surface area contributed by atoms with Crippen molar-refractivity contribution in [2.75, 3.05) is 0 Å². The summed E-state index contributed by atoms with van der Waals surface area (Å²) < 4.78 is 0. The normalized spacial score (nSPS) is 18.9. The van der Waals surface area contributed by atoms with Gasteiger partial charge >= 0.3 is 0 Å². The minimum absolute atomic E-state index is 0.376. The predicted octanol–water partition coefficient (Wildman–Crippen LogP) is 30.1. The zero-order valence-electron chi connectivity index (χ0n) is 61.3. The Hall–Kier alpha value is -7.10. The zero-order chi connectivity index (χ0) is 71.7. The number of unbranched alkanes of at least 4 members (excludes halogenated alkanes) is 6. The maximum absolute atomic E-state index is 9.60. The van der Waals surface area contributed by atoms with E-state index in [4.69, 9.17) is 58.0 Å². The van der Waals surface area contributed by atoms with E-state index < -0.39 is 22.2 Å². The first-order valence-electron chi connectivity index (χ1n) is 39.7. The van der Waals surface area contributed by atoms with Gasteiger partial charge in [0.15, 0.2) is 0 Å². The number of benzene rings is 14. The maximum atomic E-state index is 9.60. The summed E-state index contributed by atoms with van der Waals surface area (Å²) in [6, 6.07) is 65.1. The van der Waals surface area contributed by atoms with Crippen molar-refractivity contribution in [3.8, 4) is 33.4 Å². The number of rotatable bonds is 21. The van der Waals surface area contributed by atoms with Crippen molar-refractivity contribution in [1.29, 1.82) is 0 Å².